The molecule has 0 aromatic heterocycles. The number of thioether (sulfide) groups is 1. The Labute approximate surface area is 186 Å². The first-order chi connectivity index (χ1) is 14.5. The Morgan fingerprint density at radius 1 is 1.10 bits per heavy atom. The molecule has 7 heteroatoms. The highest BCUT2D eigenvalue weighted by molar-refractivity contribution is 8.00. The standard InChI is InChI=1S/C23H26ClN3O2S/c1-26-12-10-20(11-13-26)25-22(29)17-4-6-18(7-5-17)23-27(21(28)15-30-23)14-16-2-8-19(24)9-3-16/h2-9,20,23H,10-15H2,1H3,(H,25,29). The monoisotopic (exact) mass is 443 g/mol. The zero-order chi connectivity index (χ0) is 21.1. The molecule has 1 unspecified atom stereocenters. The number of likely N-dealkylation sites (tertiary alicyclic amines) is 1. The molecule has 158 valence electrons. The van der Waals surface area contributed by atoms with Crippen LogP contribution in [-0.2, 0) is 11.3 Å². The Balaban J connectivity index is 1.41. The minimum Gasteiger partial charge on any atom is -0.349 e. The number of nitrogens with one attached hydrogen (secondary N) is 1. The minimum atomic E-state index is -0.0424. The fourth-order valence-corrected chi connectivity index (χ4v) is 5.22. The largest absolute Gasteiger partial charge is 0.349 e. The average Bonchev–Trinajstić information content (AvgIpc) is 3.11. The predicted molar refractivity (Wildman–Crippen MR) is 122 cm³/mol. The van der Waals surface area contributed by atoms with Gasteiger partial charge in [0.15, 0.2) is 0 Å². The van der Waals surface area contributed by atoms with Crippen LogP contribution in [0.1, 0.15) is 39.7 Å². The maximum absolute atomic E-state index is 12.6. The molecule has 0 radical (unpaired) electrons. The van der Waals surface area contributed by atoms with Crippen LogP contribution < -0.4 is 5.32 Å². The number of nitrogens with zero attached hydrogens (tertiary/aromatic N) is 2. The highest BCUT2D eigenvalue weighted by Gasteiger charge is 2.32. The minimum absolute atomic E-state index is 0.0238. The predicted octanol–water partition coefficient (Wildman–Crippen LogP) is 3.94. The lowest BCUT2D eigenvalue weighted by molar-refractivity contribution is -0.128. The number of halogens is 1. The number of hydrogen-bond donors (Lipinski definition) is 1. The van der Waals surface area contributed by atoms with Gasteiger partial charge in [-0.25, -0.2) is 0 Å². The third kappa shape index (κ3) is 4.99. The van der Waals surface area contributed by atoms with Gasteiger partial charge in [-0.15, -0.1) is 11.8 Å². The quantitative estimate of drug-likeness (QED) is 0.760. The Morgan fingerprint density at radius 2 is 1.77 bits per heavy atom. The zero-order valence-electron chi connectivity index (χ0n) is 17.0. The molecule has 2 aromatic rings. The number of piperidine rings is 1. The van der Waals surface area contributed by atoms with Gasteiger partial charge in [0.25, 0.3) is 5.91 Å². The molecule has 2 aliphatic heterocycles. The summed E-state index contributed by atoms with van der Waals surface area (Å²) in [5.74, 6) is 0.574. The summed E-state index contributed by atoms with van der Waals surface area (Å²) in [5.41, 5.74) is 2.75. The lowest BCUT2D eigenvalue weighted by Crippen LogP contribution is -2.43. The van der Waals surface area contributed by atoms with Crippen LogP contribution in [0.2, 0.25) is 5.02 Å². The van der Waals surface area contributed by atoms with Crippen molar-refractivity contribution in [2.75, 3.05) is 25.9 Å². The highest BCUT2D eigenvalue weighted by Crippen LogP contribution is 2.39. The van der Waals surface area contributed by atoms with E-state index < -0.39 is 0 Å². The van der Waals surface area contributed by atoms with Gasteiger partial charge in [0.2, 0.25) is 5.91 Å². The van der Waals surface area contributed by atoms with Gasteiger partial charge in [-0.05, 0) is 68.4 Å². The van der Waals surface area contributed by atoms with Crippen LogP contribution in [0.4, 0.5) is 0 Å². The SMILES string of the molecule is CN1CCC(NC(=O)c2ccc(C3SCC(=O)N3Cc3ccc(Cl)cc3)cc2)CC1. The molecule has 2 fully saturated rings. The molecule has 0 bridgehead atoms. The third-order valence-electron chi connectivity index (χ3n) is 5.75. The molecule has 2 aromatic carbocycles. The van der Waals surface area contributed by atoms with Crippen molar-refractivity contribution < 1.29 is 9.59 Å². The number of amides is 2. The summed E-state index contributed by atoms with van der Waals surface area (Å²) in [6, 6.07) is 15.5. The van der Waals surface area contributed by atoms with E-state index in [2.05, 4.69) is 17.3 Å². The van der Waals surface area contributed by atoms with Crippen molar-refractivity contribution in [3.63, 3.8) is 0 Å². The van der Waals surface area contributed by atoms with Crippen molar-refractivity contribution in [1.82, 2.24) is 15.1 Å². The Hall–Kier alpha value is -2.02. The van der Waals surface area contributed by atoms with Gasteiger partial charge in [-0.2, -0.15) is 0 Å². The molecule has 2 aliphatic rings. The van der Waals surface area contributed by atoms with Gasteiger partial charge in [-0.1, -0.05) is 35.9 Å². The van der Waals surface area contributed by atoms with E-state index in [0.29, 0.717) is 22.9 Å². The van der Waals surface area contributed by atoms with Crippen molar-refractivity contribution in [1.29, 1.82) is 0 Å². The smallest absolute Gasteiger partial charge is 0.251 e. The number of carbonyl (C=O) groups excluding carboxylic acids is 2. The molecular formula is C23H26ClN3O2S. The van der Waals surface area contributed by atoms with Crippen LogP contribution >= 0.6 is 23.4 Å². The van der Waals surface area contributed by atoms with E-state index in [1.807, 2.05) is 53.4 Å². The third-order valence-corrected chi connectivity index (χ3v) is 7.25. The average molecular weight is 444 g/mol. The Kier molecular flexibility index (Phi) is 6.66. The summed E-state index contributed by atoms with van der Waals surface area (Å²) >= 11 is 7.59. The number of hydrogen-bond acceptors (Lipinski definition) is 4. The van der Waals surface area contributed by atoms with Crippen molar-refractivity contribution in [3.8, 4) is 0 Å². The topological polar surface area (TPSA) is 52.7 Å². The summed E-state index contributed by atoms with van der Waals surface area (Å²) in [4.78, 5) is 29.2. The van der Waals surface area contributed by atoms with E-state index >= 15 is 0 Å². The van der Waals surface area contributed by atoms with Gasteiger partial charge in [0, 0.05) is 23.2 Å². The molecule has 2 saturated heterocycles. The molecule has 0 spiro atoms. The van der Waals surface area contributed by atoms with E-state index in [1.165, 1.54) is 0 Å². The molecule has 30 heavy (non-hydrogen) atoms. The highest BCUT2D eigenvalue weighted by atomic mass is 35.5. The zero-order valence-corrected chi connectivity index (χ0v) is 18.6. The molecule has 1 atom stereocenters. The fraction of sp³-hybridized carbons (Fsp3) is 0.391. The van der Waals surface area contributed by atoms with Crippen LogP contribution in [0.25, 0.3) is 0 Å². The normalized spacial score (nSPS) is 20.5. The Bertz CT molecular complexity index is 896. The molecule has 5 nitrogen and oxygen atoms in total. The number of rotatable bonds is 5. The second-order valence-corrected chi connectivity index (χ2v) is 9.49. The molecule has 0 aliphatic carbocycles. The molecule has 4 rings (SSSR count). The van der Waals surface area contributed by atoms with Gasteiger partial charge in [0.05, 0.1) is 5.75 Å². The van der Waals surface area contributed by atoms with E-state index in [-0.39, 0.29) is 23.2 Å². The van der Waals surface area contributed by atoms with Gasteiger partial charge in [0.1, 0.15) is 5.37 Å². The first-order valence-electron chi connectivity index (χ1n) is 10.2. The summed E-state index contributed by atoms with van der Waals surface area (Å²) < 4.78 is 0. The molecule has 2 amide bonds. The van der Waals surface area contributed by atoms with Crippen molar-refractivity contribution in [2.24, 2.45) is 0 Å². The van der Waals surface area contributed by atoms with Crippen LogP contribution in [0.5, 0.6) is 0 Å². The van der Waals surface area contributed by atoms with E-state index in [1.54, 1.807) is 11.8 Å². The van der Waals surface area contributed by atoms with Crippen LogP contribution in [-0.4, -0.2) is 53.5 Å². The fourth-order valence-electron chi connectivity index (χ4n) is 3.91. The van der Waals surface area contributed by atoms with Crippen molar-refractivity contribution >= 4 is 35.2 Å². The maximum Gasteiger partial charge on any atom is 0.251 e. The second-order valence-electron chi connectivity index (χ2n) is 7.98. The van der Waals surface area contributed by atoms with Gasteiger partial charge >= 0.3 is 0 Å². The summed E-state index contributed by atoms with van der Waals surface area (Å²) in [6.07, 6.45) is 1.97. The van der Waals surface area contributed by atoms with Crippen molar-refractivity contribution in [3.05, 3.63) is 70.2 Å². The first kappa shape index (κ1) is 21.2. The van der Waals surface area contributed by atoms with E-state index in [9.17, 15) is 9.59 Å². The van der Waals surface area contributed by atoms with Crippen LogP contribution in [0.15, 0.2) is 48.5 Å². The second kappa shape index (κ2) is 9.41. The van der Waals surface area contributed by atoms with Gasteiger partial charge < -0.3 is 15.1 Å². The van der Waals surface area contributed by atoms with Crippen molar-refractivity contribution in [2.45, 2.75) is 30.8 Å². The first-order valence-corrected chi connectivity index (χ1v) is 11.7. The van der Waals surface area contributed by atoms with E-state index in [4.69, 9.17) is 11.6 Å². The summed E-state index contributed by atoms with van der Waals surface area (Å²) in [5, 5.41) is 3.80. The Morgan fingerprint density at radius 3 is 2.43 bits per heavy atom. The number of carbonyl (C=O) groups is 2. The summed E-state index contributed by atoms with van der Waals surface area (Å²) in [6.45, 7) is 2.58. The molecule has 0 saturated carbocycles. The van der Waals surface area contributed by atoms with Gasteiger partial charge in [-0.3, -0.25) is 9.59 Å². The lowest BCUT2D eigenvalue weighted by Gasteiger charge is -2.29. The maximum atomic E-state index is 12.6. The number of benzene rings is 2. The lowest BCUT2D eigenvalue weighted by atomic mass is 10.0. The van der Waals surface area contributed by atoms with E-state index in [0.717, 1.165) is 37.1 Å². The molecule has 1 N–H and O–H groups in total. The van der Waals surface area contributed by atoms with Crippen LogP contribution in [0, 0.1) is 0 Å². The molecular weight excluding hydrogens is 418 g/mol. The molecule has 2 heterocycles. The van der Waals surface area contributed by atoms with Crippen LogP contribution in [0.3, 0.4) is 0 Å². The summed E-state index contributed by atoms with van der Waals surface area (Å²) in [7, 11) is 2.11.